The van der Waals surface area contributed by atoms with Crippen LogP contribution in [0, 0.1) is 0 Å². The van der Waals surface area contributed by atoms with Gasteiger partial charge in [0.05, 0.1) is 4.88 Å². The predicted octanol–water partition coefficient (Wildman–Crippen LogP) is 2.74. The van der Waals surface area contributed by atoms with Gasteiger partial charge in [0.1, 0.15) is 6.04 Å². The number of anilines is 1. The van der Waals surface area contributed by atoms with Crippen LogP contribution in [0.2, 0.25) is 0 Å². The van der Waals surface area contributed by atoms with E-state index in [0.717, 1.165) is 0 Å². The Morgan fingerprint density at radius 2 is 2.04 bits per heavy atom. The van der Waals surface area contributed by atoms with Gasteiger partial charge in [-0.05, 0) is 43.3 Å². The lowest BCUT2D eigenvalue weighted by Crippen LogP contribution is -2.41. The maximum absolute atomic E-state index is 12.5. The molecule has 0 aliphatic carbocycles. The van der Waals surface area contributed by atoms with Crippen molar-refractivity contribution in [1.82, 2.24) is 4.90 Å². The molecule has 0 saturated carbocycles. The molecule has 3 rings (SSSR count). The number of likely N-dealkylation sites (tertiary alicyclic amines) is 1. The molecule has 1 atom stereocenters. The first-order valence-corrected chi connectivity index (χ1v) is 9.75. The summed E-state index contributed by atoms with van der Waals surface area (Å²) in [6.07, 6.45) is 1.22. The summed E-state index contributed by atoms with van der Waals surface area (Å²) in [7, 11) is 0. The molecule has 1 aliphatic heterocycles. The topological polar surface area (TPSA) is 92.8 Å². The number of esters is 1. The molecule has 7 nitrogen and oxygen atoms in total. The Balaban J connectivity index is 1.54. The van der Waals surface area contributed by atoms with Gasteiger partial charge < -0.3 is 15.0 Å². The number of ether oxygens (including phenoxy) is 1. The fraction of sp³-hybridized carbons (Fsp3) is 0.300. The number of nitrogens with zero attached hydrogens (tertiary/aromatic N) is 1. The molecule has 0 unspecified atom stereocenters. The molecule has 2 amide bonds. The van der Waals surface area contributed by atoms with E-state index in [1.165, 1.54) is 23.2 Å². The lowest BCUT2D eigenvalue weighted by atomic mass is 10.1. The fourth-order valence-corrected chi connectivity index (χ4v) is 3.72. The number of benzene rings is 1. The molecule has 0 radical (unpaired) electrons. The van der Waals surface area contributed by atoms with Crippen LogP contribution in [0.4, 0.5) is 5.69 Å². The first-order chi connectivity index (χ1) is 13.5. The minimum Gasteiger partial charge on any atom is -0.454 e. The van der Waals surface area contributed by atoms with Crippen LogP contribution in [0.15, 0.2) is 41.8 Å². The standard InChI is InChI=1S/C20H20N2O5S/c1-13(23)14-5-2-6-15(11-14)21-18(24)12-27-20(26)16-7-3-9-22(16)19(25)17-8-4-10-28-17/h2,4-6,8,10-11,16H,3,7,9,12H2,1H3,(H,21,24)/t16-/m0/s1. The van der Waals surface area contributed by atoms with Crippen molar-refractivity contribution in [2.75, 3.05) is 18.5 Å². The second-order valence-electron chi connectivity index (χ2n) is 6.43. The second kappa shape index (κ2) is 8.79. The number of hydrogen-bond acceptors (Lipinski definition) is 6. The Morgan fingerprint density at radius 1 is 1.21 bits per heavy atom. The summed E-state index contributed by atoms with van der Waals surface area (Å²) >= 11 is 1.32. The number of Topliss-reactive ketones (excluding diaryl/α,β-unsaturated/α-hetero) is 1. The molecule has 2 aromatic rings. The van der Waals surface area contributed by atoms with Gasteiger partial charge in [-0.1, -0.05) is 18.2 Å². The van der Waals surface area contributed by atoms with Crippen LogP contribution in [0.25, 0.3) is 0 Å². The van der Waals surface area contributed by atoms with Gasteiger partial charge >= 0.3 is 5.97 Å². The zero-order valence-corrected chi connectivity index (χ0v) is 16.2. The summed E-state index contributed by atoms with van der Waals surface area (Å²) in [6.45, 7) is 1.47. The van der Waals surface area contributed by atoms with Gasteiger partial charge in [-0.25, -0.2) is 4.79 Å². The number of amides is 2. The van der Waals surface area contributed by atoms with Crippen molar-refractivity contribution in [2.24, 2.45) is 0 Å². The summed E-state index contributed by atoms with van der Waals surface area (Å²) in [5.74, 6) is -1.41. The summed E-state index contributed by atoms with van der Waals surface area (Å²) in [4.78, 5) is 50.4. The van der Waals surface area contributed by atoms with Crippen molar-refractivity contribution in [1.29, 1.82) is 0 Å². The van der Waals surface area contributed by atoms with Crippen molar-refractivity contribution in [3.63, 3.8) is 0 Å². The van der Waals surface area contributed by atoms with Gasteiger partial charge in [0.2, 0.25) is 0 Å². The number of rotatable bonds is 6. The number of carbonyl (C=O) groups excluding carboxylic acids is 4. The first-order valence-electron chi connectivity index (χ1n) is 8.87. The van der Waals surface area contributed by atoms with Crippen LogP contribution in [-0.2, 0) is 14.3 Å². The van der Waals surface area contributed by atoms with Gasteiger partial charge in [-0.15, -0.1) is 11.3 Å². The molecular weight excluding hydrogens is 380 g/mol. The van der Waals surface area contributed by atoms with Crippen LogP contribution in [-0.4, -0.2) is 47.7 Å². The largest absolute Gasteiger partial charge is 0.454 e. The first kappa shape index (κ1) is 19.8. The van der Waals surface area contributed by atoms with E-state index >= 15 is 0 Å². The van der Waals surface area contributed by atoms with Gasteiger partial charge in [-0.3, -0.25) is 14.4 Å². The zero-order valence-electron chi connectivity index (χ0n) is 15.3. The van der Waals surface area contributed by atoms with E-state index in [4.69, 9.17) is 4.74 Å². The molecule has 1 aliphatic rings. The highest BCUT2D eigenvalue weighted by Crippen LogP contribution is 2.23. The third kappa shape index (κ3) is 4.64. The van der Waals surface area contributed by atoms with E-state index in [1.807, 2.05) is 5.38 Å². The lowest BCUT2D eigenvalue weighted by Gasteiger charge is -2.22. The van der Waals surface area contributed by atoms with Crippen molar-refractivity contribution in [2.45, 2.75) is 25.8 Å². The minimum absolute atomic E-state index is 0.112. The molecule has 8 heteroatoms. The number of nitrogens with one attached hydrogen (secondary N) is 1. The summed E-state index contributed by atoms with van der Waals surface area (Å²) in [5, 5.41) is 4.40. The number of thiophene rings is 1. The fourth-order valence-electron chi connectivity index (χ4n) is 3.04. The van der Waals surface area contributed by atoms with Gasteiger partial charge in [0, 0.05) is 17.8 Å². The van der Waals surface area contributed by atoms with E-state index in [9.17, 15) is 19.2 Å². The van der Waals surface area contributed by atoms with Crippen LogP contribution in [0.3, 0.4) is 0 Å². The molecule has 1 aromatic heterocycles. The zero-order chi connectivity index (χ0) is 20.1. The van der Waals surface area contributed by atoms with E-state index in [2.05, 4.69) is 5.32 Å². The van der Waals surface area contributed by atoms with E-state index < -0.39 is 24.5 Å². The van der Waals surface area contributed by atoms with E-state index in [-0.39, 0.29) is 11.7 Å². The molecule has 1 aromatic carbocycles. The monoisotopic (exact) mass is 400 g/mol. The SMILES string of the molecule is CC(=O)c1cccc(NC(=O)COC(=O)[C@@H]2CCCN2C(=O)c2cccs2)c1. The Bertz CT molecular complexity index is 894. The van der Waals surface area contributed by atoms with Crippen molar-refractivity contribution < 1.29 is 23.9 Å². The molecule has 2 heterocycles. The average Bonchev–Trinajstić information content (AvgIpc) is 3.37. The highest BCUT2D eigenvalue weighted by Gasteiger charge is 2.36. The number of ketones is 1. The van der Waals surface area contributed by atoms with Gasteiger partial charge in [0.25, 0.3) is 11.8 Å². The highest BCUT2D eigenvalue weighted by molar-refractivity contribution is 7.12. The predicted molar refractivity (Wildman–Crippen MR) is 104 cm³/mol. The summed E-state index contributed by atoms with van der Waals surface area (Å²) < 4.78 is 5.13. The molecule has 28 heavy (non-hydrogen) atoms. The van der Waals surface area contributed by atoms with Gasteiger partial charge in [-0.2, -0.15) is 0 Å². The quantitative estimate of drug-likeness (QED) is 0.595. The molecule has 1 fully saturated rings. The maximum atomic E-state index is 12.5. The van der Waals surface area contributed by atoms with Crippen molar-refractivity contribution >= 4 is 40.6 Å². The Kier molecular flexibility index (Phi) is 6.20. The molecular formula is C20H20N2O5S. The minimum atomic E-state index is -0.677. The molecule has 0 spiro atoms. The number of hydrogen-bond donors (Lipinski definition) is 1. The van der Waals surface area contributed by atoms with Crippen LogP contribution >= 0.6 is 11.3 Å². The Morgan fingerprint density at radius 3 is 2.75 bits per heavy atom. The smallest absolute Gasteiger partial charge is 0.329 e. The normalized spacial score (nSPS) is 15.9. The highest BCUT2D eigenvalue weighted by atomic mass is 32.1. The Labute approximate surface area is 166 Å². The molecule has 1 N–H and O–H groups in total. The van der Waals surface area contributed by atoms with E-state index in [0.29, 0.717) is 35.5 Å². The third-order valence-electron chi connectivity index (χ3n) is 4.42. The summed E-state index contributed by atoms with van der Waals surface area (Å²) in [5.41, 5.74) is 0.924. The number of carbonyl (C=O) groups is 4. The van der Waals surface area contributed by atoms with Gasteiger partial charge in [0.15, 0.2) is 12.4 Å². The van der Waals surface area contributed by atoms with Crippen molar-refractivity contribution in [3.8, 4) is 0 Å². The Hall–Kier alpha value is -3.00. The molecule has 0 bridgehead atoms. The average molecular weight is 400 g/mol. The van der Waals surface area contributed by atoms with Crippen molar-refractivity contribution in [3.05, 3.63) is 52.2 Å². The molecule has 146 valence electrons. The molecule has 1 saturated heterocycles. The van der Waals surface area contributed by atoms with Crippen LogP contribution < -0.4 is 5.32 Å². The van der Waals surface area contributed by atoms with Crippen LogP contribution in [0.1, 0.15) is 39.8 Å². The van der Waals surface area contributed by atoms with E-state index in [1.54, 1.807) is 36.4 Å². The lowest BCUT2D eigenvalue weighted by molar-refractivity contribution is -0.151. The summed E-state index contributed by atoms with van der Waals surface area (Å²) in [6, 6.07) is 9.33. The van der Waals surface area contributed by atoms with Crippen LogP contribution in [0.5, 0.6) is 0 Å². The third-order valence-corrected chi connectivity index (χ3v) is 5.27. The maximum Gasteiger partial charge on any atom is 0.329 e. The second-order valence-corrected chi connectivity index (χ2v) is 7.37.